The van der Waals surface area contributed by atoms with Crippen molar-refractivity contribution >= 4 is 12.2 Å². The summed E-state index contributed by atoms with van der Waals surface area (Å²) < 4.78 is 10.3. The highest BCUT2D eigenvalue weighted by Crippen LogP contribution is 2.25. The van der Waals surface area contributed by atoms with E-state index in [-0.39, 0.29) is 0 Å². The van der Waals surface area contributed by atoms with Crippen molar-refractivity contribution in [3.63, 3.8) is 0 Å². The molecule has 0 aliphatic heterocycles. The number of hydrazone groups is 1. The van der Waals surface area contributed by atoms with Gasteiger partial charge in [0.05, 0.1) is 26.0 Å². The van der Waals surface area contributed by atoms with Crippen LogP contribution in [0, 0.1) is 0 Å². The maximum Gasteiger partial charge on any atom is 0.332 e. The molecule has 1 aromatic rings. The molecule has 0 bridgehead atoms. The zero-order valence-corrected chi connectivity index (χ0v) is 9.06. The van der Waals surface area contributed by atoms with Crippen molar-refractivity contribution in [1.29, 1.82) is 0 Å². The smallest absolute Gasteiger partial charge is 0.332 e. The van der Waals surface area contributed by atoms with Crippen LogP contribution in [0.1, 0.15) is 5.56 Å². The van der Waals surface area contributed by atoms with Crippen molar-refractivity contribution in [3.05, 3.63) is 23.8 Å². The monoisotopic (exact) mass is 223 g/mol. The quantitative estimate of drug-likeness (QED) is 0.582. The number of ether oxygens (including phenoxy) is 2. The predicted molar refractivity (Wildman–Crippen MR) is 59.9 cm³/mol. The highest BCUT2D eigenvalue weighted by Gasteiger charge is 2.06. The number of nitrogens with zero attached hydrogens (tertiary/aromatic N) is 1. The van der Waals surface area contributed by atoms with Gasteiger partial charge in [0.1, 0.15) is 11.5 Å². The van der Waals surface area contributed by atoms with E-state index in [0.717, 1.165) is 0 Å². The molecule has 0 atom stereocenters. The average Bonchev–Trinajstić information content (AvgIpc) is 2.28. The fourth-order valence-corrected chi connectivity index (χ4v) is 1.17. The molecule has 0 saturated carbocycles. The second-order valence-corrected chi connectivity index (χ2v) is 2.81. The van der Waals surface area contributed by atoms with Gasteiger partial charge in [-0.05, 0) is 12.1 Å². The first kappa shape index (κ1) is 11.8. The van der Waals surface area contributed by atoms with Crippen molar-refractivity contribution in [2.45, 2.75) is 0 Å². The average molecular weight is 223 g/mol. The highest BCUT2D eigenvalue weighted by molar-refractivity contribution is 5.88. The topological polar surface area (TPSA) is 85.9 Å². The van der Waals surface area contributed by atoms with E-state index in [9.17, 15) is 4.79 Å². The molecule has 2 amide bonds. The Kier molecular flexibility index (Phi) is 4.14. The number of rotatable bonds is 4. The second kappa shape index (κ2) is 5.59. The minimum atomic E-state index is -0.731. The van der Waals surface area contributed by atoms with Gasteiger partial charge in [-0.1, -0.05) is 6.07 Å². The molecule has 16 heavy (non-hydrogen) atoms. The van der Waals surface area contributed by atoms with Gasteiger partial charge >= 0.3 is 6.03 Å². The molecule has 6 heteroatoms. The first-order chi connectivity index (χ1) is 7.69. The Morgan fingerprint density at radius 1 is 1.38 bits per heavy atom. The van der Waals surface area contributed by atoms with Gasteiger partial charge < -0.3 is 15.2 Å². The summed E-state index contributed by atoms with van der Waals surface area (Å²) in [6.45, 7) is 0. The highest BCUT2D eigenvalue weighted by atomic mass is 16.5. The third-order valence-electron chi connectivity index (χ3n) is 1.83. The minimum Gasteiger partial charge on any atom is -0.496 e. The van der Waals surface area contributed by atoms with E-state index in [2.05, 4.69) is 10.5 Å². The number of methoxy groups -OCH3 is 2. The van der Waals surface area contributed by atoms with Gasteiger partial charge in [0, 0.05) is 0 Å². The van der Waals surface area contributed by atoms with Gasteiger partial charge in [0.15, 0.2) is 0 Å². The van der Waals surface area contributed by atoms with Crippen LogP contribution in [0.15, 0.2) is 23.3 Å². The molecule has 1 rings (SSSR count). The summed E-state index contributed by atoms with van der Waals surface area (Å²) >= 11 is 0. The van der Waals surface area contributed by atoms with Gasteiger partial charge in [-0.3, -0.25) is 0 Å². The molecule has 6 nitrogen and oxygen atoms in total. The molecule has 0 unspecified atom stereocenters. The summed E-state index contributed by atoms with van der Waals surface area (Å²) in [5, 5.41) is 3.65. The Hall–Kier alpha value is -2.24. The lowest BCUT2D eigenvalue weighted by Gasteiger charge is -2.08. The Morgan fingerprint density at radius 3 is 2.38 bits per heavy atom. The van der Waals surface area contributed by atoms with Crippen molar-refractivity contribution in [2.75, 3.05) is 14.2 Å². The van der Waals surface area contributed by atoms with Crippen LogP contribution in [0.25, 0.3) is 0 Å². The molecule has 1 aromatic carbocycles. The maximum absolute atomic E-state index is 10.4. The number of hydrogen-bond acceptors (Lipinski definition) is 4. The molecule has 0 saturated heterocycles. The third-order valence-corrected chi connectivity index (χ3v) is 1.83. The SMILES string of the molecule is COc1cccc(OC)c1/C=N/NC(N)=O. The molecule has 0 aromatic heterocycles. The zero-order chi connectivity index (χ0) is 12.0. The lowest BCUT2D eigenvalue weighted by Crippen LogP contribution is -2.24. The number of urea groups is 1. The van der Waals surface area contributed by atoms with Crippen molar-refractivity contribution in [2.24, 2.45) is 10.8 Å². The molecule has 0 heterocycles. The van der Waals surface area contributed by atoms with Gasteiger partial charge in [0.25, 0.3) is 0 Å². The largest absolute Gasteiger partial charge is 0.496 e. The second-order valence-electron chi connectivity index (χ2n) is 2.81. The summed E-state index contributed by atoms with van der Waals surface area (Å²) in [4.78, 5) is 10.4. The summed E-state index contributed by atoms with van der Waals surface area (Å²) in [7, 11) is 3.07. The van der Waals surface area contributed by atoms with Crippen molar-refractivity contribution in [3.8, 4) is 11.5 Å². The van der Waals surface area contributed by atoms with Gasteiger partial charge in [-0.15, -0.1) is 0 Å². The van der Waals surface area contributed by atoms with Gasteiger partial charge in [-0.2, -0.15) is 5.10 Å². The summed E-state index contributed by atoms with van der Waals surface area (Å²) in [5.41, 5.74) is 7.59. The van der Waals surface area contributed by atoms with Crippen LogP contribution in [0.2, 0.25) is 0 Å². The Labute approximate surface area is 93.0 Å². The molecule has 0 radical (unpaired) electrons. The fourth-order valence-electron chi connectivity index (χ4n) is 1.17. The van der Waals surface area contributed by atoms with Crippen LogP contribution in [0.3, 0.4) is 0 Å². The van der Waals surface area contributed by atoms with Crippen LogP contribution in [-0.4, -0.2) is 26.5 Å². The summed E-state index contributed by atoms with van der Waals surface area (Å²) in [5.74, 6) is 1.18. The third kappa shape index (κ3) is 2.88. The van der Waals surface area contributed by atoms with E-state index in [0.29, 0.717) is 17.1 Å². The van der Waals surface area contributed by atoms with E-state index in [1.807, 2.05) is 0 Å². The fraction of sp³-hybridized carbons (Fsp3) is 0.200. The number of carbonyl (C=O) groups excluding carboxylic acids is 1. The van der Waals surface area contributed by atoms with E-state index in [1.165, 1.54) is 20.4 Å². The van der Waals surface area contributed by atoms with Crippen molar-refractivity contribution < 1.29 is 14.3 Å². The minimum absolute atomic E-state index is 0.592. The zero-order valence-electron chi connectivity index (χ0n) is 9.06. The van der Waals surface area contributed by atoms with Gasteiger partial charge in [-0.25, -0.2) is 10.2 Å². The number of benzene rings is 1. The van der Waals surface area contributed by atoms with Crippen LogP contribution in [0.5, 0.6) is 11.5 Å². The predicted octanol–water partition coefficient (Wildman–Crippen LogP) is 0.706. The number of nitrogens with one attached hydrogen (secondary N) is 1. The molecule has 0 fully saturated rings. The molecule has 0 aliphatic rings. The first-order valence-electron chi connectivity index (χ1n) is 4.48. The number of hydrogen-bond donors (Lipinski definition) is 2. The number of carbonyl (C=O) groups is 1. The lowest BCUT2D eigenvalue weighted by molar-refractivity contribution is 0.249. The molecule has 0 spiro atoms. The van der Waals surface area contributed by atoms with Crippen LogP contribution in [-0.2, 0) is 0 Å². The maximum atomic E-state index is 10.4. The lowest BCUT2D eigenvalue weighted by atomic mass is 10.2. The standard InChI is InChI=1S/C10H13N3O3/c1-15-8-4-3-5-9(16-2)7(8)6-12-13-10(11)14/h3-6H,1-2H3,(H3,11,13,14)/b12-6+. The molecular formula is C10H13N3O3. The van der Waals surface area contributed by atoms with Crippen LogP contribution >= 0.6 is 0 Å². The normalized spacial score (nSPS) is 10.1. The van der Waals surface area contributed by atoms with E-state index < -0.39 is 6.03 Å². The number of amides is 2. The van der Waals surface area contributed by atoms with E-state index >= 15 is 0 Å². The Balaban J connectivity index is 2.99. The number of nitrogens with two attached hydrogens (primary N) is 1. The Morgan fingerprint density at radius 2 is 1.94 bits per heavy atom. The van der Waals surface area contributed by atoms with Crippen molar-refractivity contribution in [1.82, 2.24) is 5.43 Å². The molecule has 3 N–H and O–H groups in total. The van der Waals surface area contributed by atoms with Gasteiger partial charge in [0.2, 0.25) is 0 Å². The summed E-state index contributed by atoms with van der Waals surface area (Å²) in [6, 6.07) is 4.57. The molecular weight excluding hydrogens is 210 g/mol. The van der Waals surface area contributed by atoms with Crippen LogP contribution < -0.4 is 20.6 Å². The first-order valence-corrected chi connectivity index (χ1v) is 4.48. The van der Waals surface area contributed by atoms with E-state index in [1.54, 1.807) is 18.2 Å². The van der Waals surface area contributed by atoms with Crippen LogP contribution in [0.4, 0.5) is 4.79 Å². The molecule has 86 valence electrons. The van der Waals surface area contributed by atoms with E-state index in [4.69, 9.17) is 15.2 Å². The Bertz CT molecular complexity index is 382. The summed E-state index contributed by atoms with van der Waals surface area (Å²) in [6.07, 6.45) is 1.41. The number of primary amides is 1. The molecule has 0 aliphatic carbocycles.